The summed E-state index contributed by atoms with van der Waals surface area (Å²) < 4.78 is 0. The Morgan fingerprint density at radius 1 is 1.28 bits per heavy atom. The normalized spacial score (nSPS) is 27.2. The van der Waals surface area contributed by atoms with Crippen molar-refractivity contribution in [3.8, 4) is 0 Å². The minimum absolute atomic E-state index is 0.373. The lowest BCUT2D eigenvalue weighted by atomic mass is 9.70. The lowest BCUT2D eigenvalue weighted by molar-refractivity contribution is 0.169. The van der Waals surface area contributed by atoms with E-state index in [9.17, 15) is 5.11 Å². The van der Waals surface area contributed by atoms with Gasteiger partial charge in [-0.05, 0) is 43.9 Å². The molecule has 1 aromatic rings. The molecule has 0 bridgehead atoms. The molecule has 2 rings (SSSR count). The molecule has 18 heavy (non-hydrogen) atoms. The number of hydrogen-bond donors (Lipinski definition) is 1. The molecule has 1 fully saturated rings. The highest BCUT2D eigenvalue weighted by Gasteiger charge is 2.31. The fourth-order valence-corrected chi connectivity index (χ4v) is 3.91. The molecule has 0 aliphatic heterocycles. The Balaban J connectivity index is 1.97. The van der Waals surface area contributed by atoms with Gasteiger partial charge in [0.1, 0.15) is 0 Å². The highest BCUT2D eigenvalue weighted by Crippen LogP contribution is 2.44. The van der Waals surface area contributed by atoms with E-state index >= 15 is 0 Å². The number of thiazole rings is 1. The van der Waals surface area contributed by atoms with E-state index in [1.807, 2.05) is 13.1 Å². The van der Waals surface area contributed by atoms with Crippen molar-refractivity contribution in [1.82, 2.24) is 4.98 Å². The minimum atomic E-state index is -0.373. The third-order valence-electron chi connectivity index (χ3n) is 4.25. The topological polar surface area (TPSA) is 33.1 Å². The molecular weight excluding hydrogens is 242 g/mol. The summed E-state index contributed by atoms with van der Waals surface area (Å²) in [5.74, 6) is 1.48. The first kappa shape index (κ1) is 14.0. The van der Waals surface area contributed by atoms with Crippen molar-refractivity contribution in [1.29, 1.82) is 0 Å². The molecule has 0 spiro atoms. The lowest BCUT2D eigenvalue weighted by Crippen LogP contribution is -2.25. The number of aromatic nitrogens is 1. The van der Waals surface area contributed by atoms with Gasteiger partial charge in [-0.2, -0.15) is 0 Å². The van der Waals surface area contributed by atoms with Crippen LogP contribution in [0.15, 0.2) is 6.20 Å². The molecule has 0 saturated heterocycles. The Labute approximate surface area is 114 Å². The van der Waals surface area contributed by atoms with E-state index in [1.54, 1.807) is 11.3 Å². The van der Waals surface area contributed by atoms with E-state index in [0.717, 1.165) is 10.8 Å². The number of rotatable bonds is 2. The maximum absolute atomic E-state index is 9.55. The van der Waals surface area contributed by atoms with Gasteiger partial charge >= 0.3 is 0 Å². The molecule has 3 heteroatoms. The molecule has 2 nitrogen and oxygen atoms in total. The second kappa shape index (κ2) is 5.30. The molecule has 1 saturated carbocycles. The van der Waals surface area contributed by atoms with Crippen LogP contribution in [0.2, 0.25) is 0 Å². The van der Waals surface area contributed by atoms with Crippen molar-refractivity contribution in [2.24, 2.45) is 11.3 Å². The fraction of sp³-hybridized carbons (Fsp3) is 0.800. The minimum Gasteiger partial charge on any atom is -0.388 e. The standard InChI is InChI=1S/C15H25NOS/c1-10(17)13-9-16-14(18-13)11-5-7-12(8-6-11)15(2,3)4/h9-12,17H,5-8H2,1-4H3. The van der Waals surface area contributed by atoms with Crippen LogP contribution in [0, 0.1) is 11.3 Å². The van der Waals surface area contributed by atoms with Gasteiger partial charge in [-0.15, -0.1) is 11.3 Å². The van der Waals surface area contributed by atoms with E-state index in [2.05, 4.69) is 25.8 Å². The molecule has 1 aromatic heterocycles. The van der Waals surface area contributed by atoms with Crippen molar-refractivity contribution >= 4 is 11.3 Å². The summed E-state index contributed by atoms with van der Waals surface area (Å²) in [7, 11) is 0. The smallest absolute Gasteiger partial charge is 0.0959 e. The van der Waals surface area contributed by atoms with Crippen LogP contribution < -0.4 is 0 Å². The van der Waals surface area contributed by atoms with E-state index in [0.29, 0.717) is 11.3 Å². The summed E-state index contributed by atoms with van der Waals surface area (Å²) in [5, 5.41) is 10.8. The molecule has 1 aliphatic carbocycles. The van der Waals surface area contributed by atoms with Gasteiger partial charge in [-0.3, -0.25) is 0 Å². The third-order valence-corrected chi connectivity index (χ3v) is 5.58. The summed E-state index contributed by atoms with van der Waals surface area (Å²) >= 11 is 1.70. The molecule has 0 amide bonds. The summed E-state index contributed by atoms with van der Waals surface area (Å²) in [4.78, 5) is 5.51. The molecule has 1 unspecified atom stereocenters. The summed E-state index contributed by atoms with van der Waals surface area (Å²) in [6, 6.07) is 0. The zero-order valence-electron chi connectivity index (χ0n) is 11.9. The first-order valence-electron chi connectivity index (χ1n) is 7.01. The predicted molar refractivity (Wildman–Crippen MR) is 76.9 cm³/mol. The fourth-order valence-electron chi connectivity index (χ4n) is 2.89. The zero-order valence-corrected chi connectivity index (χ0v) is 12.8. The lowest BCUT2D eigenvalue weighted by Gasteiger charge is -2.36. The van der Waals surface area contributed by atoms with Gasteiger partial charge in [0.2, 0.25) is 0 Å². The van der Waals surface area contributed by atoms with Crippen molar-refractivity contribution in [2.45, 2.75) is 65.4 Å². The van der Waals surface area contributed by atoms with Gasteiger partial charge in [0, 0.05) is 12.1 Å². The average molecular weight is 267 g/mol. The third kappa shape index (κ3) is 3.12. The van der Waals surface area contributed by atoms with Crippen LogP contribution in [0.25, 0.3) is 0 Å². The van der Waals surface area contributed by atoms with Gasteiger partial charge in [-0.1, -0.05) is 20.8 Å². The number of aliphatic hydroxyl groups is 1. The van der Waals surface area contributed by atoms with Crippen LogP contribution in [-0.2, 0) is 0 Å². The number of nitrogens with zero attached hydrogens (tertiary/aromatic N) is 1. The summed E-state index contributed by atoms with van der Waals surface area (Å²) in [6.07, 6.45) is 6.63. The highest BCUT2D eigenvalue weighted by atomic mass is 32.1. The van der Waals surface area contributed by atoms with Gasteiger partial charge in [-0.25, -0.2) is 4.98 Å². The van der Waals surface area contributed by atoms with Crippen LogP contribution in [-0.4, -0.2) is 10.1 Å². The maximum atomic E-state index is 9.55. The van der Waals surface area contributed by atoms with E-state index in [1.165, 1.54) is 30.7 Å². The summed E-state index contributed by atoms with van der Waals surface area (Å²) in [5.41, 5.74) is 0.443. The summed E-state index contributed by atoms with van der Waals surface area (Å²) in [6.45, 7) is 8.88. The molecular formula is C15H25NOS. The van der Waals surface area contributed by atoms with Gasteiger partial charge < -0.3 is 5.11 Å². The maximum Gasteiger partial charge on any atom is 0.0959 e. The Kier molecular flexibility index (Phi) is 4.12. The average Bonchev–Trinajstić information content (AvgIpc) is 2.77. The quantitative estimate of drug-likeness (QED) is 0.855. The van der Waals surface area contributed by atoms with E-state index < -0.39 is 0 Å². The van der Waals surface area contributed by atoms with Crippen molar-refractivity contribution < 1.29 is 5.11 Å². The van der Waals surface area contributed by atoms with Gasteiger partial charge in [0.05, 0.1) is 16.0 Å². The largest absolute Gasteiger partial charge is 0.388 e. The Hall–Kier alpha value is -0.410. The van der Waals surface area contributed by atoms with Gasteiger partial charge in [0.25, 0.3) is 0 Å². The molecule has 1 atom stereocenters. The van der Waals surface area contributed by atoms with E-state index in [4.69, 9.17) is 0 Å². The Morgan fingerprint density at radius 3 is 2.33 bits per heavy atom. The Bertz CT molecular complexity index is 383. The van der Waals surface area contributed by atoms with Crippen molar-refractivity contribution in [2.75, 3.05) is 0 Å². The molecule has 0 aromatic carbocycles. The molecule has 102 valence electrons. The second-order valence-corrected chi connectivity index (χ2v) is 7.79. The Morgan fingerprint density at radius 2 is 1.89 bits per heavy atom. The number of hydrogen-bond acceptors (Lipinski definition) is 3. The molecule has 1 heterocycles. The van der Waals surface area contributed by atoms with Crippen molar-refractivity contribution in [3.63, 3.8) is 0 Å². The van der Waals surface area contributed by atoms with Crippen LogP contribution in [0.4, 0.5) is 0 Å². The van der Waals surface area contributed by atoms with Gasteiger partial charge in [0.15, 0.2) is 0 Å². The van der Waals surface area contributed by atoms with Crippen LogP contribution in [0.1, 0.15) is 75.3 Å². The monoisotopic (exact) mass is 267 g/mol. The molecule has 1 N–H and O–H groups in total. The zero-order chi connectivity index (χ0) is 13.3. The molecule has 0 radical (unpaired) electrons. The number of aliphatic hydroxyl groups excluding tert-OH is 1. The SMILES string of the molecule is CC(O)c1cnc(C2CCC(C(C)(C)C)CC2)s1. The molecule has 1 aliphatic rings. The van der Waals surface area contributed by atoms with Crippen LogP contribution in [0.3, 0.4) is 0 Å². The highest BCUT2D eigenvalue weighted by molar-refractivity contribution is 7.11. The predicted octanol–water partition coefficient (Wildman–Crippen LogP) is 4.52. The van der Waals surface area contributed by atoms with Crippen LogP contribution in [0.5, 0.6) is 0 Å². The first-order chi connectivity index (χ1) is 8.38. The first-order valence-corrected chi connectivity index (χ1v) is 7.83. The van der Waals surface area contributed by atoms with Crippen molar-refractivity contribution in [3.05, 3.63) is 16.1 Å². The second-order valence-electron chi connectivity index (χ2n) is 6.69. The van der Waals surface area contributed by atoms with Crippen LogP contribution >= 0.6 is 11.3 Å². The van der Waals surface area contributed by atoms with E-state index in [-0.39, 0.29) is 6.10 Å².